The first-order valence-electron chi connectivity index (χ1n) is 7.69. The molecule has 3 N–H and O–H groups in total. The van der Waals surface area contributed by atoms with Gasteiger partial charge >= 0.3 is 0 Å². The maximum atomic E-state index is 11.9. The Morgan fingerprint density at radius 1 is 1.00 bits per heavy atom. The van der Waals surface area contributed by atoms with Crippen LogP contribution in [-0.2, 0) is 9.59 Å². The van der Waals surface area contributed by atoms with E-state index in [2.05, 4.69) is 16.2 Å². The van der Waals surface area contributed by atoms with E-state index in [1.807, 2.05) is 0 Å². The molecule has 2 rings (SSSR count). The second-order valence-electron chi connectivity index (χ2n) is 5.30. The van der Waals surface area contributed by atoms with Crippen molar-refractivity contribution in [2.45, 2.75) is 11.8 Å². The lowest BCUT2D eigenvalue weighted by atomic mass is 10.2. The molecule has 0 heterocycles. The van der Waals surface area contributed by atoms with E-state index in [1.54, 1.807) is 24.3 Å². The number of hydrogen-bond donors (Lipinski definition) is 3. The van der Waals surface area contributed by atoms with Crippen LogP contribution in [0.15, 0.2) is 53.4 Å². The number of nitro benzene ring substituents is 1. The van der Waals surface area contributed by atoms with Crippen LogP contribution in [0.25, 0.3) is 0 Å². The molecule has 9 nitrogen and oxygen atoms in total. The molecule has 0 aromatic heterocycles. The largest absolute Gasteiger partial charge is 0.326 e. The van der Waals surface area contributed by atoms with Gasteiger partial charge in [0, 0.05) is 35.2 Å². The van der Waals surface area contributed by atoms with Crippen molar-refractivity contribution in [1.29, 1.82) is 0 Å². The number of benzene rings is 2. The zero-order valence-electron chi connectivity index (χ0n) is 14.2. The monoisotopic (exact) mass is 388 g/mol. The molecule has 0 radical (unpaired) electrons. The smallest absolute Gasteiger partial charge is 0.269 e. The summed E-state index contributed by atoms with van der Waals surface area (Å²) in [5.41, 5.74) is 5.23. The molecule has 0 aliphatic heterocycles. The first-order chi connectivity index (χ1) is 12.8. The van der Waals surface area contributed by atoms with Crippen LogP contribution >= 0.6 is 11.8 Å². The van der Waals surface area contributed by atoms with E-state index in [0.29, 0.717) is 5.69 Å². The molecule has 0 atom stereocenters. The van der Waals surface area contributed by atoms with Gasteiger partial charge in [0.15, 0.2) is 0 Å². The third kappa shape index (κ3) is 6.44. The van der Waals surface area contributed by atoms with Crippen LogP contribution in [0.2, 0.25) is 0 Å². The van der Waals surface area contributed by atoms with Crippen LogP contribution in [0.1, 0.15) is 17.3 Å². The summed E-state index contributed by atoms with van der Waals surface area (Å²) in [6, 6.07) is 12.0. The van der Waals surface area contributed by atoms with Gasteiger partial charge in [0.05, 0.1) is 10.7 Å². The van der Waals surface area contributed by atoms with Gasteiger partial charge in [-0.2, -0.15) is 0 Å². The van der Waals surface area contributed by atoms with Crippen molar-refractivity contribution in [3.63, 3.8) is 0 Å². The first kappa shape index (κ1) is 19.9. The molecule has 0 saturated carbocycles. The predicted octanol–water partition coefficient (Wildman–Crippen LogP) is 2.11. The van der Waals surface area contributed by atoms with E-state index < -0.39 is 16.7 Å². The Hall–Kier alpha value is -3.40. The molecular weight excluding hydrogens is 372 g/mol. The molecule has 0 aliphatic rings. The van der Waals surface area contributed by atoms with Gasteiger partial charge in [0.2, 0.25) is 11.8 Å². The summed E-state index contributed by atoms with van der Waals surface area (Å²) in [5.74, 6) is -1.09. The minimum absolute atomic E-state index is 0.0695. The number of hydrogen-bond acceptors (Lipinski definition) is 6. The van der Waals surface area contributed by atoms with E-state index in [4.69, 9.17) is 0 Å². The van der Waals surface area contributed by atoms with E-state index >= 15 is 0 Å². The summed E-state index contributed by atoms with van der Waals surface area (Å²) in [4.78, 5) is 45.5. The van der Waals surface area contributed by atoms with Crippen molar-refractivity contribution in [2.75, 3.05) is 11.1 Å². The Kier molecular flexibility index (Phi) is 6.89. The van der Waals surface area contributed by atoms with Crippen LogP contribution in [0.3, 0.4) is 0 Å². The van der Waals surface area contributed by atoms with Crippen LogP contribution < -0.4 is 16.2 Å². The zero-order valence-corrected chi connectivity index (χ0v) is 15.0. The minimum Gasteiger partial charge on any atom is -0.326 e. The number of rotatable bonds is 6. The number of nitrogens with one attached hydrogen (secondary N) is 3. The lowest BCUT2D eigenvalue weighted by molar-refractivity contribution is -0.384. The van der Waals surface area contributed by atoms with Crippen molar-refractivity contribution in [2.24, 2.45) is 0 Å². The average Bonchev–Trinajstić information content (AvgIpc) is 2.65. The number of thioether (sulfide) groups is 1. The first-order valence-corrected chi connectivity index (χ1v) is 8.68. The molecule has 0 fully saturated rings. The van der Waals surface area contributed by atoms with Crippen molar-refractivity contribution in [3.05, 3.63) is 64.2 Å². The Morgan fingerprint density at radius 3 is 2.19 bits per heavy atom. The predicted molar refractivity (Wildman–Crippen MR) is 100 cm³/mol. The highest BCUT2D eigenvalue weighted by Crippen LogP contribution is 2.20. The van der Waals surface area contributed by atoms with E-state index in [-0.39, 0.29) is 22.9 Å². The number of non-ortho nitro benzene ring substituents is 1. The summed E-state index contributed by atoms with van der Waals surface area (Å²) >= 11 is 1.26. The molecule has 0 unspecified atom stereocenters. The summed E-state index contributed by atoms with van der Waals surface area (Å²) in [5, 5.41) is 13.2. The Bertz CT molecular complexity index is 853. The Labute approximate surface area is 158 Å². The van der Waals surface area contributed by atoms with Gasteiger partial charge in [-0.25, -0.2) is 0 Å². The maximum absolute atomic E-state index is 11.9. The molecule has 0 saturated heterocycles. The van der Waals surface area contributed by atoms with E-state index in [1.165, 1.54) is 43.0 Å². The SMILES string of the molecule is CC(=O)Nc1ccc(SCC(=O)NNC(=O)c2ccc([N+](=O)[O-])cc2)cc1. The molecule has 3 amide bonds. The Balaban J connectivity index is 1.77. The number of anilines is 1. The third-order valence-electron chi connectivity index (χ3n) is 3.20. The highest BCUT2D eigenvalue weighted by molar-refractivity contribution is 8.00. The van der Waals surface area contributed by atoms with Crippen LogP contribution in [0.4, 0.5) is 11.4 Å². The van der Waals surface area contributed by atoms with Gasteiger partial charge in [0.25, 0.3) is 11.6 Å². The number of carbonyl (C=O) groups excluding carboxylic acids is 3. The van der Waals surface area contributed by atoms with Crippen molar-refractivity contribution >= 4 is 40.9 Å². The molecule has 0 bridgehead atoms. The van der Waals surface area contributed by atoms with Crippen LogP contribution in [0, 0.1) is 10.1 Å². The lowest BCUT2D eigenvalue weighted by Crippen LogP contribution is -2.42. The number of amides is 3. The molecule has 2 aromatic carbocycles. The lowest BCUT2D eigenvalue weighted by Gasteiger charge is -2.08. The zero-order chi connectivity index (χ0) is 19.8. The topological polar surface area (TPSA) is 130 Å². The molecule has 140 valence electrons. The fourth-order valence-corrected chi connectivity index (χ4v) is 2.65. The molecule has 0 aliphatic carbocycles. The van der Waals surface area contributed by atoms with Crippen LogP contribution in [-0.4, -0.2) is 28.4 Å². The second-order valence-corrected chi connectivity index (χ2v) is 6.35. The van der Waals surface area contributed by atoms with Gasteiger partial charge in [-0.15, -0.1) is 11.8 Å². The van der Waals surface area contributed by atoms with Crippen molar-refractivity contribution in [3.8, 4) is 0 Å². The van der Waals surface area contributed by atoms with Gasteiger partial charge in [-0.1, -0.05) is 0 Å². The highest BCUT2D eigenvalue weighted by Gasteiger charge is 2.10. The van der Waals surface area contributed by atoms with Crippen molar-refractivity contribution < 1.29 is 19.3 Å². The van der Waals surface area contributed by atoms with Crippen LogP contribution in [0.5, 0.6) is 0 Å². The fraction of sp³-hybridized carbons (Fsp3) is 0.118. The van der Waals surface area contributed by atoms with Gasteiger partial charge in [-0.05, 0) is 36.4 Å². The minimum atomic E-state index is -0.581. The number of carbonyl (C=O) groups is 3. The summed E-state index contributed by atoms with van der Waals surface area (Å²) in [6.07, 6.45) is 0. The van der Waals surface area contributed by atoms with Gasteiger partial charge < -0.3 is 5.32 Å². The quantitative estimate of drug-likeness (QED) is 0.395. The maximum Gasteiger partial charge on any atom is 0.269 e. The number of nitro groups is 1. The standard InChI is InChI=1S/C17H16N4O5S/c1-11(22)18-13-4-8-15(9-5-13)27-10-16(23)19-20-17(24)12-2-6-14(7-3-12)21(25)26/h2-9H,10H2,1H3,(H,18,22)(H,19,23)(H,20,24). The highest BCUT2D eigenvalue weighted by atomic mass is 32.2. The van der Waals surface area contributed by atoms with Gasteiger partial charge in [0.1, 0.15) is 0 Å². The van der Waals surface area contributed by atoms with Gasteiger partial charge in [-0.3, -0.25) is 35.3 Å². The third-order valence-corrected chi connectivity index (χ3v) is 4.21. The molecule has 27 heavy (non-hydrogen) atoms. The fourth-order valence-electron chi connectivity index (χ4n) is 1.96. The molecular formula is C17H16N4O5S. The molecule has 10 heteroatoms. The second kappa shape index (κ2) is 9.34. The summed E-state index contributed by atoms with van der Waals surface area (Å²) < 4.78 is 0. The normalized spacial score (nSPS) is 9.96. The number of nitrogens with zero attached hydrogens (tertiary/aromatic N) is 1. The summed E-state index contributed by atoms with van der Waals surface area (Å²) in [6.45, 7) is 1.41. The summed E-state index contributed by atoms with van der Waals surface area (Å²) in [7, 11) is 0. The number of hydrazine groups is 1. The molecule has 0 spiro atoms. The van der Waals surface area contributed by atoms with Crippen molar-refractivity contribution in [1.82, 2.24) is 10.9 Å². The van der Waals surface area contributed by atoms with E-state index in [9.17, 15) is 24.5 Å². The average molecular weight is 388 g/mol. The Morgan fingerprint density at radius 2 is 1.63 bits per heavy atom. The molecule has 2 aromatic rings. The van der Waals surface area contributed by atoms with E-state index in [0.717, 1.165) is 4.90 Å².